The fraction of sp³-hybridized carbons (Fsp3) is 0.944. The van der Waals surface area contributed by atoms with E-state index in [2.05, 4.69) is 0 Å². The van der Waals surface area contributed by atoms with Gasteiger partial charge < -0.3 is 19.3 Å². The molecule has 1 amide bonds. The molecule has 1 unspecified atom stereocenters. The number of amides is 1. The Morgan fingerprint density at radius 3 is 2.54 bits per heavy atom. The topological polar surface area (TPSA) is 42.0 Å². The van der Waals surface area contributed by atoms with Crippen molar-refractivity contribution in [1.82, 2.24) is 9.80 Å². The smallest absolute Gasteiger partial charge is 0.376 e. The summed E-state index contributed by atoms with van der Waals surface area (Å²) in [6.07, 6.45) is -0.0138. The fourth-order valence-corrected chi connectivity index (χ4v) is 4.12. The zero-order valence-corrected chi connectivity index (χ0v) is 15.2. The standard InChI is InChI=1S/C18H29F3N2O3/c19-18(20,21)6-9-22-7-4-17(5-8-22)13-16(24)23(10-12-26-17)14-15-3-1-2-11-25-15/h15H,1-14H2. The first kappa shape index (κ1) is 19.9. The van der Waals surface area contributed by atoms with E-state index in [-0.39, 0.29) is 18.6 Å². The van der Waals surface area contributed by atoms with E-state index in [1.54, 1.807) is 0 Å². The maximum Gasteiger partial charge on any atom is 0.390 e. The molecule has 3 rings (SSSR count). The zero-order valence-electron chi connectivity index (χ0n) is 15.2. The third-order valence-corrected chi connectivity index (χ3v) is 5.77. The van der Waals surface area contributed by atoms with Crippen LogP contribution in [-0.4, -0.2) is 79.5 Å². The van der Waals surface area contributed by atoms with Gasteiger partial charge in [0.15, 0.2) is 0 Å². The predicted octanol–water partition coefficient (Wildman–Crippen LogP) is 2.59. The lowest BCUT2D eigenvalue weighted by molar-refractivity contribution is -0.143. The lowest BCUT2D eigenvalue weighted by Crippen LogP contribution is -2.48. The van der Waals surface area contributed by atoms with E-state index in [9.17, 15) is 18.0 Å². The summed E-state index contributed by atoms with van der Waals surface area (Å²) in [7, 11) is 0. The maximum atomic E-state index is 12.7. The van der Waals surface area contributed by atoms with E-state index < -0.39 is 18.2 Å². The van der Waals surface area contributed by atoms with Gasteiger partial charge in [0.1, 0.15) is 0 Å². The third kappa shape index (κ3) is 5.57. The van der Waals surface area contributed by atoms with Crippen LogP contribution < -0.4 is 0 Å². The molecule has 8 heteroatoms. The Morgan fingerprint density at radius 1 is 1.12 bits per heavy atom. The van der Waals surface area contributed by atoms with Crippen molar-refractivity contribution >= 4 is 5.91 Å². The first-order chi connectivity index (χ1) is 12.4. The number of carbonyl (C=O) groups excluding carboxylic acids is 1. The number of ether oxygens (including phenoxy) is 2. The molecule has 0 radical (unpaired) electrons. The van der Waals surface area contributed by atoms with Crippen molar-refractivity contribution in [3.8, 4) is 0 Å². The Kier molecular flexibility index (Phi) is 6.45. The number of piperidine rings is 1. The zero-order chi connectivity index (χ0) is 18.6. The molecule has 0 aromatic heterocycles. The normalized spacial score (nSPS) is 28.3. The van der Waals surface area contributed by atoms with E-state index in [4.69, 9.17) is 9.47 Å². The van der Waals surface area contributed by atoms with Crippen LogP contribution in [0.1, 0.15) is 44.9 Å². The molecule has 0 aromatic rings. The minimum atomic E-state index is -4.12. The monoisotopic (exact) mass is 378 g/mol. The Bertz CT molecular complexity index is 473. The highest BCUT2D eigenvalue weighted by Crippen LogP contribution is 2.33. The van der Waals surface area contributed by atoms with Crippen LogP contribution in [0.2, 0.25) is 0 Å². The molecule has 0 aromatic carbocycles. The van der Waals surface area contributed by atoms with Crippen molar-refractivity contribution in [2.24, 2.45) is 0 Å². The molecule has 3 aliphatic rings. The number of nitrogens with zero attached hydrogens (tertiary/aromatic N) is 2. The van der Waals surface area contributed by atoms with E-state index in [1.165, 1.54) is 0 Å². The van der Waals surface area contributed by atoms with Crippen molar-refractivity contribution in [2.45, 2.75) is 62.8 Å². The van der Waals surface area contributed by atoms with Crippen LogP contribution in [0.5, 0.6) is 0 Å². The number of rotatable bonds is 4. The lowest BCUT2D eigenvalue weighted by atomic mass is 9.87. The summed E-state index contributed by atoms with van der Waals surface area (Å²) >= 11 is 0. The molecule has 26 heavy (non-hydrogen) atoms. The first-order valence-corrected chi connectivity index (χ1v) is 9.68. The molecule has 0 saturated carbocycles. The van der Waals surface area contributed by atoms with E-state index >= 15 is 0 Å². The summed E-state index contributed by atoms with van der Waals surface area (Å²) in [4.78, 5) is 16.4. The highest BCUT2D eigenvalue weighted by molar-refractivity contribution is 5.77. The second kappa shape index (κ2) is 8.44. The number of alkyl halides is 3. The van der Waals surface area contributed by atoms with Crippen molar-refractivity contribution in [3.63, 3.8) is 0 Å². The molecule has 1 spiro atoms. The summed E-state index contributed by atoms with van der Waals surface area (Å²) in [5.41, 5.74) is -0.506. The molecule has 0 N–H and O–H groups in total. The van der Waals surface area contributed by atoms with E-state index in [1.807, 2.05) is 9.80 Å². The second-order valence-electron chi connectivity index (χ2n) is 7.74. The van der Waals surface area contributed by atoms with Gasteiger partial charge >= 0.3 is 6.18 Å². The Hall–Kier alpha value is -0.860. The van der Waals surface area contributed by atoms with Crippen molar-refractivity contribution in [1.29, 1.82) is 0 Å². The van der Waals surface area contributed by atoms with Crippen LogP contribution in [0.15, 0.2) is 0 Å². The van der Waals surface area contributed by atoms with Gasteiger partial charge in [-0.15, -0.1) is 0 Å². The lowest BCUT2D eigenvalue weighted by Gasteiger charge is -2.40. The number of hydrogen-bond acceptors (Lipinski definition) is 4. The second-order valence-corrected chi connectivity index (χ2v) is 7.74. The van der Waals surface area contributed by atoms with Crippen LogP contribution in [-0.2, 0) is 14.3 Å². The molecule has 1 atom stereocenters. The minimum absolute atomic E-state index is 0.0265. The molecule has 0 aliphatic carbocycles. The molecular weight excluding hydrogens is 349 g/mol. The van der Waals surface area contributed by atoms with Gasteiger partial charge in [-0.3, -0.25) is 4.79 Å². The summed E-state index contributed by atoms with van der Waals surface area (Å²) in [5, 5.41) is 0. The third-order valence-electron chi connectivity index (χ3n) is 5.77. The minimum Gasteiger partial charge on any atom is -0.376 e. The molecule has 3 saturated heterocycles. The van der Waals surface area contributed by atoms with Crippen molar-refractivity contribution < 1.29 is 27.4 Å². The van der Waals surface area contributed by atoms with Crippen LogP contribution in [0, 0.1) is 0 Å². The number of halogens is 3. The van der Waals surface area contributed by atoms with Gasteiger partial charge in [-0.1, -0.05) is 0 Å². The number of likely N-dealkylation sites (tertiary alicyclic amines) is 1. The van der Waals surface area contributed by atoms with Crippen LogP contribution >= 0.6 is 0 Å². The first-order valence-electron chi connectivity index (χ1n) is 9.68. The largest absolute Gasteiger partial charge is 0.390 e. The van der Waals surface area contributed by atoms with Gasteiger partial charge in [-0.2, -0.15) is 13.2 Å². The van der Waals surface area contributed by atoms with Crippen LogP contribution in [0.25, 0.3) is 0 Å². The predicted molar refractivity (Wildman–Crippen MR) is 89.8 cm³/mol. The Labute approximate surface area is 152 Å². The molecule has 150 valence electrons. The van der Waals surface area contributed by atoms with Crippen molar-refractivity contribution in [2.75, 3.05) is 45.9 Å². The van der Waals surface area contributed by atoms with E-state index in [0.717, 1.165) is 25.9 Å². The van der Waals surface area contributed by atoms with Gasteiger partial charge in [-0.05, 0) is 32.1 Å². The highest BCUT2D eigenvalue weighted by Gasteiger charge is 2.41. The van der Waals surface area contributed by atoms with E-state index in [0.29, 0.717) is 52.0 Å². The van der Waals surface area contributed by atoms with Gasteiger partial charge in [0.05, 0.1) is 31.2 Å². The van der Waals surface area contributed by atoms with Gasteiger partial charge in [0.25, 0.3) is 0 Å². The molecule has 0 bridgehead atoms. The molecule has 3 heterocycles. The molecule has 3 aliphatic heterocycles. The summed E-state index contributed by atoms with van der Waals surface area (Å²) in [6, 6.07) is 0. The van der Waals surface area contributed by atoms with Gasteiger partial charge in [-0.25, -0.2) is 0 Å². The summed E-state index contributed by atoms with van der Waals surface area (Å²) < 4.78 is 49.0. The average Bonchev–Trinajstić information content (AvgIpc) is 2.74. The Balaban J connectivity index is 1.48. The highest BCUT2D eigenvalue weighted by atomic mass is 19.4. The van der Waals surface area contributed by atoms with Gasteiger partial charge in [0, 0.05) is 39.3 Å². The number of carbonyl (C=O) groups is 1. The molecule has 3 fully saturated rings. The van der Waals surface area contributed by atoms with Crippen LogP contribution in [0.3, 0.4) is 0 Å². The Morgan fingerprint density at radius 2 is 1.88 bits per heavy atom. The summed E-state index contributed by atoms with van der Waals surface area (Å²) in [6.45, 7) is 3.57. The van der Waals surface area contributed by atoms with Gasteiger partial charge in [0.2, 0.25) is 5.91 Å². The quantitative estimate of drug-likeness (QED) is 0.754. The fourth-order valence-electron chi connectivity index (χ4n) is 4.12. The summed E-state index contributed by atoms with van der Waals surface area (Å²) in [5.74, 6) is 0.0837. The molecular formula is C18H29F3N2O3. The molecule has 5 nitrogen and oxygen atoms in total. The average molecular weight is 378 g/mol. The maximum absolute atomic E-state index is 12.7. The SMILES string of the molecule is O=C1CC2(CCN(CCC(F)(F)F)CC2)OCCN1CC1CCCCO1. The van der Waals surface area contributed by atoms with Crippen molar-refractivity contribution in [3.05, 3.63) is 0 Å². The number of hydrogen-bond donors (Lipinski definition) is 0. The van der Waals surface area contributed by atoms with Crippen LogP contribution in [0.4, 0.5) is 13.2 Å².